The molecule has 0 unspecified atom stereocenters. The van der Waals surface area contributed by atoms with E-state index in [-0.39, 0.29) is 7.40 Å². The summed E-state index contributed by atoms with van der Waals surface area (Å²) in [5.41, 5.74) is 0.521. The zero-order valence-electron chi connectivity index (χ0n) is 6.23. The van der Waals surface area contributed by atoms with E-state index in [0.717, 1.165) is 0 Å². The SMILES string of the molecule is C=C(CC)C(=O)OC.[H+]. The van der Waals surface area contributed by atoms with Gasteiger partial charge in [0, 0.05) is 5.57 Å². The minimum absolute atomic E-state index is 0. The quantitative estimate of drug-likeness (QED) is 0.399. The number of methoxy groups -OCH3 is 1. The van der Waals surface area contributed by atoms with E-state index >= 15 is 0 Å². The predicted molar refractivity (Wildman–Crippen MR) is 32.6 cm³/mol. The first kappa shape index (κ1) is 7.21. The molecule has 0 atom stereocenters. The summed E-state index contributed by atoms with van der Waals surface area (Å²) < 4.78 is 4.36. The van der Waals surface area contributed by atoms with Crippen LogP contribution in [0.25, 0.3) is 0 Å². The van der Waals surface area contributed by atoms with Crippen LogP contribution in [-0.4, -0.2) is 13.1 Å². The highest BCUT2D eigenvalue weighted by molar-refractivity contribution is 5.87. The molecular weight excluding hydrogens is 104 g/mol. The molecule has 0 rings (SSSR count). The van der Waals surface area contributed by atoms with E-state index in [0.29, 0.717) is 12.0 Å². The Balaban J connectivity index is 0. The second-order valence-electron chi connectivity index (χ2n) is 1.45. The van der Waals surface area contributed by atoms with Crippen LogP contribution >= 0.6 is 0 Å². The normalized spacial score (nSPS) is 8.25. The molecule has 0 bridgehead atoms. The van der Waals surface area contributed by atoms with Crippen molar-refractivity contribution in [1.82, 2.24) is 0 Å². The van der Waals surface area contributed by atoms with Gasteiger partial charge in [-0.2, -0.15) is 0 Å². The molecule has 0 N–H and O–H groups in total. The average Bonchev–Trinajstić information content (AvgIpc) is 1.84. The van der Waals surface area contributed by atoms with Gasteiger partial charge < -0.3 is 4.74 Å². The van der Waals surface area contributed by atoms with E-state index in [1.54, 1.807) is 0 Å². The summed E-state index contributed by atoms with van der Waals surface area (Å²) in [5, 5.41) is 0. The van der Waals surface area contributed by atoms with Gasteiger partial charge in [-0.3, -0.25) is 0 Å². The standard InChI is InChI=1S/C6H10O2/c1-4-5(2)6(7)8-3/h2,4H2,1,3H3/p+1. The van der Waals surface area contributed by atoms with Crippen molar-refractivity contribution in [1.29, 1.82) is 0 Å². The summed E-state index contributed by atoms with van der Waals surface area (Å²) >= 11 is 0. The number of hydrogen-bond donors (Lipinski definition) is 0. The highest BCUT2D eigenvalue weighted by Crippen LogP contribution is 1.96. The van der Waals surface area contributed by atoms with Crippen molar-refractivity contribution >= 4 is 5.97 Å². The lowest BCUT2D eigenvalue weighted by molar-refractivity contribution is -0.136. The molecule has 2 nitrogen and oxygen atoms in total. The summed E-state index contributed by atoms with van der Waals surface area (Å²) in [7, 11) is 1.35. The van der Waals surface area contributed by atoms with Crippen molar-refractivity contribution in [2.45, 2.75) is 13.3 Å². The summed E-state index contributed by atoms with van der Waals surface area (Å²) in [6.07, 6.45) is 0.659. The third kappa shape index (κ3) is 1.78. The molecule has 2 heteroatoms. The molecule has 0 aliphatic rings. The van der Waals surface area contributed by atoms with Crippen LogP contribution in [0, 0.1) is 0 Å². The van der Waals surface area contributed by atoms with Crippen LogP contribution in [0.15, 0.2) is 12.2 Å². The number of ether oxygens (including phenoxy) is 1. The minimum Gasteiger partial charge on any atom is -0.466 e. The molecule has 0 amide bonds. The largest absolute Gasteiger partial charge is 1.00 e. The Morgan fingerprint density at radius 2 is 2.38 bits per heavy atom. The molecule has 0 saturated heterocycles. The molecule has 0 fully saturated rings. The lowest BCUT2D eigenvalue weighted by atomic mass is 10.2. The number of carbonyl (C=O) groups excluding carboxylic acids is 1. The molecule has 0 aromatic rings. The highest BCUT2D eigenvalue weighted by atomic mass is 16.5. The van der Waals surface area contributed by atoms with Crippen LogP contribution in [0.4, 0.5) is 0 Å². The van der Waals surface area contributed by atoms with Gasteiger partial charge in [0.15, 0.2) is 0 Å². The van der Waals surface area contributed by atoms with Gasteiger partial charge in [0.05, 0.1) is 7.11 Å². The minimum atomic E-state index is -0.312. The van der Waals surface area contributed by atoms with E-state index in [1.165, 1.54) is 7.11 Å². The molecule has 0 aliphatic carbocycles. The Hall–Kier alpha value is -0.790. The molecule has 8 heavy (non-hydrogen) atoms. The fourth-order valence-electron chi connectivity index (χ4n) is 0.289. The lowest BCUT2D eigenvalue weighted by Crippen LogP contribution is -2.01. The molecule has 0 radical (unpaired) electrons. The van der Waals surface area contributed by atoms with Gasteiger partial charge >= 0.3 is 7.40 Å². The first-order valence-corrected chi connectivity index (χ1v) is 2.48. The van der Waals surface area contributed by atoms with Crippen LogP contribution < -0.4 is 0 Å². The highest BCUT2D eigenvalue weighted by Gasteiger charge is 2.00. The van der Waals surface area contributed by atoms with Crippen LogP contribution in [0.3, 0.4) is 0 Å². The number of esters is 1. The molecule has 0 saturated carbocycles. The van der Waals surface area contributed by atoms with Crippen LogP contribution in [0.5, 0.6) is 0 Å². The van der Waals surface area contributed by atoms with Crippen molar-refractivity contribution in [3.05, 3.63) is 12.2 Å². The van der Waals surface area contributed by atoms with E-state index < -0.39 is 0 Å². The first-order chi connectivity index (χ1) is 3.72. The molecule has 0 aromatic heterocycles. The summed E-state index contributed by atoms with van der Waals surface area (Å²) in [6.45, 7) is 5.33. The second-order valence-corrected chi connectivity index (χ2v) is 1.45. The zero-order valence-corrected chi connectivity index (χ0v) is 5.23. The van der Waals surface area contributed by atoms with Gasteiger partial charge in [-0.25, -0.2) is 4.79 Å². The van der Waals surface area contributed by atoms with Gasteiger partial charge in [-0.15, -0.1) is 0 Å². The van der Waals surface area contributed by atoms with Crippen LogP contribution in [-0.2, 0) is 9.53 Å². The van der Waals surface area contributed by atoms with E-state index in [4.69, 9.17) is 0 Å². The maximum atomic E-state index is 10.4. The van der Waals surface area contributed by atoms with Gasteiger partial charge in [0.2, 0.25) is 0 Å². The third-order valence-corrected chi connectivity index (χ3v) is 0.901. The molecule has 0 spiro atoms. The monoisotopic (exact) mass is 115 g/mol. The maximum Gasteiger partial charge on any atom is 1.00 e. The van der Waals surface area contributed by atoms with Gasteiger partial charge in [0.1, 0.15) is 0 Å². The topological polar surface area (TPSA) is 26.3 Å². The molecule has 0 heterocycles. The number of rotatable bonds is 2. The van der Waals surface area contributed by atoms with Gasteiger partial charge in [-0.05, 0) is 6.42 Å². The summed E-state index contributed by atoms with van der Waals surface area (Å²) in [4.78, 5) is 10.4. The van der Waals surface area contributed by atoms with Crippen molar-refractivity contribution in [2.75, 3.05) is 7.11 Å². The Morgan fingerprint density at radius 3 is 2.50 bits per heavy atom. The number of hydrogen-bond acceptors (Lipinski definition) is 2. The fourth-order valence-corrected chi connectivity index (χ4v) is 0.289. The summed E-state index contributed by atoms with van der Waals surface area (Å²) in [5.74, 6) is -0.312. The Kier molecular flexibility index (Phi) is 2.92. The van der Waals surface area contributed by atoms with Crippen molar-refractivity contribution in [2.24, 2.45) is 0 Å². The third-order valence-electron chi connectivity index (χ3n) is 0.901. The average molecular weight is 115 g/mol. The summed E-state index contributed by atoms with van der Waals surface area (Å²) in [6, 6.07) is 0. The predicted octanol–water partition coefficient (Wildman–Crippen LogP) is 1.24. The van der Waals surface area contributed by atoms with E-state index in [9.17, 15) is 4.79 Å². The van der Waals surface area contributed by atoms with Crippen molar-refractivity contribution < 1.29 is 11.0 Å². The Bertz CT molecular complexity index is 95.6. The van der Waals surface area contributed by atoms with Gasteiger partial charge in [0.25, 0.3) is 0 Å². The Labute approximate surface area is 50.6 Å². The van der Waals surface area contributed by atoms with Crippen LogP contribution in [0.2, 0.25) is 0 Å². The van der Waals surface area contributed by atoms with Gasteiger partial charge in [-0.1, -0.05) is 13.5 Å². The van der Waals surface area contributed by atoms with Crippen molar-refractivity contribution in [3.63, 3.8) is 0 Å². The van der Waals surface area contributed by atoms with E-state index in [1.807, 2.05) is 6.92 Å². The fraction of sp³-hybridized carbons (Fsp3) is 0.500. The van der Waals surface area contributed by atoms with Crippen LogP contribution in [0.1, 0.15) is 14.8 Å². The number of carbonyl (C=O) groups is 1. The lowest BCUT2D eigenvalue weighted by Gasteiger charge is -1.95. The molecule has 0 aromatic carbocycles. The second kappa shape index (κ2) is 3.24. The molecule has 0 aliphatic heterocycles. The molecule has 46 valence electrons. The smallest absolute Gasteiger partial charge is 0.466 e. The first-order valence-electron chi connectivity index (χ1n) is 2.48. The van der Waals surface area contributed by atoms with Crippen molar-refractivity contribution in [3.8, 4) is 0 Å². The maximum absolute atomic E-state index is 10.4. The van der Waals surface area contributed by atoms with E-state index in [2.05, 4.69) is 11.3 Å². The molecular formula is C6H11O2+. The zero-order chi connectivity index (χ0) is 6.57. The Morgan fingerprint density at radius 1 is 1.88 bits per heavy atom.